The van der Waals surface area contributed by atoms with E-state index in [0.29, 0.717) is 63.7 Å². The Morgan fingerprint density at radius 3 is 0.835 bits per heavy atom. The third-order valence-corrected chi connectivity index (χ3v) is 18.4. The van der Waals surface area contributed by atoms with Crippen LogP contribution >= 0.6 is 31.9 Å². The lowest BCUT2D eigenvalue weighted by Crippen LogP contribution is -2.38. The molecule has 0 bridgehead atoms. The third kappa shape index (κ3) is 45.2. The lowest BCUT2D eigenvalue weighted by Gasteiger charge is -2.24. The topological polar surface area (TPSA) is 309 Å². The minimum absolute atomic E-state index is 0. The molecule has 3 aliphatic carbocycles. The van der Waals surface area contributed by atoms with Gasteiger partial charge in [0, 0.05) is 37.0 Å². The number of carbonyl (C=O) groups excluding carboxylic acids is 11. The van der Waals surface area contributed by atoms with E-state index in [4.69, 9.17) is 5.11 Å². The molecule has 6 N–H and O–H groups in total. The average Bonchev–Trinajstić information content (AvgIpc) is 2.40. The molecular formula is C72H128Br2O17. The first-order chi connectivity index (χ1) is 42.6. The van der Waals surface area contributed by atoms with E-state index < -0.39 is 80.3 Å². The molecule has 17 nitrogen and oxygen atoms in total. The fourth-order valence-electron chi connectivity index (χ4n) is 9.86. The molecule has 0 saturated heterocycles. The highest BCUT2D eigenvalue weighted by molar-refractivity contribution is 9.26. The predicted octanol–water partition coefficient (Wildman–Crippen LogP) is 14.4. The number of carbonyl (C=O) groups is 11. The van der Waals surface area contributed by atoms with Crippen LogP contribution < -0.4 is 0 Å². The van der Waals surface area contributed by atoms with Crippen molar-refractivity contribution in [3.05, 3.63) is 0 Å². The van der Waals surface area contributed by atoms with Crippen LogP contribution in [0.15, 0.2) is 0 Å². The van der Waals surface area contributed by atoms with E-state index in [0.717, 1.165) is 122 Å². The summed E-state index contributed by atoms with van der Waals surface area (Å²) in [5, 5.41) is 55.7. The molecule has 91 heavy (non-hydrogen) atoms. The Kier molecular flexibility index (Phi) is 60.7. The van der Waals surface area contributed by atoms with Gasteiger partial charge in [0.2, 0.25) is 57.8 Å². The summed E-state index contributed by atoms with van der Waals surface area (Å²) in [6.07, 6.45) is 29.7. The Bertz CT molecular complexity index is 2020. The quantitative estimate of drug-likeness (QED) is 0.0143. The summed E-state index contributed by atoms with van der Waals surface area (Å²) in [5.41, 5.74) is 0. The maximum absolute atomic E-state index is 11.7. The molecule has 0 amide bonds. The lowest BCUT2D eigenvalue weighted by atomic mass is 9.84. The zero-order valence-corrected chi connectivity index (χ0v) is 60.5. The highest BCUT2D eigenvalue weighted by Gasteiger charge is 2.39. The molecule has 0 aliphatic heterocycles. The summed E-state index contributed by atoms with van der Waals surface area (Å²) in [5.74, 6) is -4.86. The molecule has 6 atom stereocenters. The Labute approximate surface area is 566 Å². The zero-order chi connectivity index (χ0) is 69.2. The minimum Gasteiger partial charge on any atom is -0.390 e. The fourth-order valence-corrected chi connectivity index (χ4v) is 10.8. The van der Waals surface area contributed by atoms with Crippen LogP contribution in [0.2, 0.25) is 0 Å². The van der Waals surface area contributed by atoms with E-state index in [9.17, 15) is 78.3 Å². The van der Waals surface area contributed by atoms with Crippen molar-refractivity contribution in [2.75, 3.05) is 0 Å². The molecule has 0 radical (unpaired) electrons. The van der Waals surface area contributed by atoms with Crippen molar-refractivity contribution in [1.29, 1.82) is 0 Å². The largest absolute Gasteiger partial charge is 0.390 e. The fraction of sp³-hybridized carbons (Fsp3) is 0.847. The molecule has 3 aliphatic rings. The SMILES string of the molecule is C.CCC(O)C(=O)C(=O)C1CC1.CCC(O)C(=O)C(=O)C1CCCCC1.CCC(O)C(=O)C(=O)C1CCCCCC1.CCC(O)C(Br)(Br)C(=O)CC(C)C.CCCCCCCCCC(=O)C(=O)C(O)CC.CCCCCCCCCCCCC(=O)C(=O)C(O)CC. The van der Waals surface area contributed by atoms with Crippen LogP contribution in [-0.2, 0) is 52.7 Å². The number of alkyl halides is 2. The van der Waals surface area contributed by atoms with Crippen molar-refractivity contribution in [2.24, 2.45) is 23.7 Å². The number of hydrogen-bond acceptors (Lipinski definition) is 17. The monoisotopic (exact) mass is 1420 g/mol. The first-order valence-electron chi connectivity index (χ1n) is 35.0. The van der Waals surface area contributed by atoms with Gasteiger partial charge in [-0.1, -0.05) is 250 Å². The van der Waals surface area contributed by atoms with Crippen molar-refractivity contribution in [3.8, 4) is 0 Å². The number of unbranched alkanes of at least 4 members (excludes halogenated alkanes) is 15. The summed E-state index contributed by atoms with van der Waals surface area (Å²) >= 11 is 6.44. The maximum atomic E-state index is 11.7. The van der Waals surface area contributed by atoms with Gasteiger partial charge in [-0.3, -0.25) is 52.7 Å². The molecule has 19 heteroatoms. The molecule has 3 fully saturated rings. The Balaban J connectivity index is -0.000000502. The number of aliphatic hydroxyl groups is 6. The van der Waals surface area contributed by atoms with Crippen molar-refractivity contribution in [2.45, 2.75) is 367 Å². The summed E-state index contributed by atoms with van der Waals surface area (Å²) in [4.78, 5) is 125. The molecular weight excluding hydrogens is 1300 g/mol. The van der Waals surface area contributed by atoms with Crippen LogP contribution in [-0.4, -0.2) is 134 Å². The second kappa shape index (κ2) is 58.4. The van der Waals surface area contributed by atoms with Gasteiger partial charge in [0.05, 0.1) is 6.10 Å². The standard InChI is InChI=1S/C17H32O3.C14H26O3.C12H20O3.C11H18O3.C9H16Br2O2.C8H12O3.CH4/c1-3-5-6-7-8-9-10-11-12-13-14-16(19)17(20)15(18)4-2;1-3-5-6-7-8-9-10-11-13(16)14(17)12(15)4-2;1-2-10(13)12(15)11(14)9-7-5-3-4-6-8-9;1-2-9(12)11(14)10(13)8-6-4-3-5-7-8;1-4-7(12)9(10,11)8(13)5-6(2)3;1-2-6(9)8(11)7(10)5-3-4-5;/h15,18H,3-14H2,1-2H3;12,15H,3-11H2,1-2H3;9-10,13H,2-8H2,1H3;8-9,12H,2-7H2,1H3;6-7,12H,4-5H2,1-3H3;5-6,9H,2-4H2,1H3;1H4. The normalized spacial score (nSPS) is 16.0. The van der Waals surface area contributed by atoms with E-state index in [1.165, 1.54) is 70.6 Å². The first kappa shape index (κ1) is 94.5. The van der Waals surface area contributed by atoms with E-state index in [1.807, 2.05) is 20.8 Å². The minimum atomic E-state index is -1.09. The van der Waals surface area contributed by atoms with Gasteiger partial charge < -0.3 is 30.6 Å². The average molecular weight is 1430 g/mol. The molecule has 3 saturated carbocycles. The summed E-state index contributed by atoms with van der Waals surface area (Å²) in [6.45, 7) is 18.7. The predicted molar refractivity (Wildman–Crippen MR) is 369 cm³/mol. The molecule has 6 unspecified atom stereocenters. The highest BCUT2D eigenvalue weighted by Crippen LogP contribution is 2.35. The number of ketones is 11. The number of halogens is 2. The number of aliphatic hydroxyl groups excluding tert-OH is 6. The van der Waals surface area contributed by atoms with Gasteiger partial charge in [-0.2, -0.15) is 0 Å². The lowest BCUT2D eigenvalue weighted by molar-refractivity contribution is -0.144. The van der Waals surface area contributed by atoms with Crippen molar-refractivity contribution >= 4 is 95.5 Å². The van der Waals surface area contributed by atoms with Gasteiger partial charge in [-0.05, 0) is 95.8 Å². The third-order valence-electron chi connectivity index (χ3n) is 16.4. The van der Waals surface area contributed by atoms with Gasteiger partial charge in [0.1, 0.15) is 30.5 Å². The molecule has 0 aromatic heterocycles. The van der Waals surface area contributed by atoms with Crippen LogP contribution in [0.1, 0.15) is 327 Å². The molecule has 532 valence electrons. The van der Waals surface area contributed by atoms with Gasteiger partial charge >= 0.3 is 0 Å². The number of hydrogen-bond donors (Lipinski definition) is 6. The van der Waals surface area contributed by atoms with Crippen LogP contribution in [0.25, 0.3) is 0 Å². The van der Waals surface area contributed by atoms with E-state index >= 15 is 0 Å². The zero-order valence-electron chi connectivity index (χ0n) is 57.3. The van der Waals surface area contributed by atoms with Gasteiger partial charge in [0.25, 0.3) is 0 Å². The van der Waals surface area contributed by atoms with Crippen LogP contribution in [0, 0.1) is 23.7 Å². The van der Waals surface area contributed by atoms with Crippen LogP contribution in [0.5, 0.6) is 0 Å². The smallest absolute Gasteiger partial charge is 0.226 e. The van der Waals surface area contributed by atoms with Gasteiger partial charge in [-0.25, -0.2) is 0 Å². The number of rotatable bonds is 42. The second-order valence-electron chi connectivity index (χ2n) is 25.0. The Morgan fingerprint density at radius 1 is 0.352 bits per heavy atom. The van der Waals surface area contributed by atoms with Crippen LogP contribution in [0.3, 0.4) is 0 Å². The van der Waals surface area contributed by atoms with Gasteiger partial charge in [0.15, 0.2) is 9.02 Å². The summed E-state index contributed by atoms with van der Waals surface area (Å²) in [6, 6.07) is 0. The van der Waals surface area contributed by atoms with E-state index in [1.54, 1.807) is 34.6 Å². The first-order valence-corrected chi connectivity index (χ1v) is 36.5. The molecule has 0 aromatic rings. The Morgan fingerprint density at radius 2 is 0.593 bits per heavy atom. The van der Waals surface area contributed by atoms with Crippen molar-refractivity contribution in [3.63, 3.8) is 0 Å². The van der Waals surface area contributed by atoms with Gasteiger partial charge in [-0.15, -0.1) is 0 Å². The molecule has 0 aromatic carbocycles. The summed E-state index contributed by atoms with van der Waals surface area (Å²) in [7, 11) is 0. The molecule has 0 heterocycles. The van der Waals surface area contributed by atoms with Crippen LogP contribution in [0.4, 0.5) is 0 Å². The van der Waals surface area contributed by atoms with Crippen molar-refractivity contribution in [1.82, 2.24) is 0 Å². The number of Topliss-reactive ketones (excluding diaryl/α,β-unsaturated/α-hetero) is 11. The second-order valence-corrected chi connectivity index (χ2v) is 28.6. The van der Waals surface area contributed by atoms with E-state index in [-0.39, 0.29) is 48.3 Å². The molecule has 0 spiro atoms. The Hall–Kier alpha value is -2.91. The van der Waals surface area contributed by atoms with Crippen molar-refractivity contribution < 1.29 is 83.4 Å². The van der Waals surface area contributed by atoms with E-state index in [2.05, 4.69) is 45.7 Å². The maximum Gasteiger partial charge on any atom is 0.226 e. The molecule has 3 rings (SSSR count). The highest BCUT2D eigenvalue weighted by atomic mass is 79.9. The summed E-state index contributed by atoms with van der Waals surface area (Å²) < 4.78 is -0.959.